The van der Waals surface area contributed by atoms with E-state index in [0.717, 1.165) is 18.2 Å². The molecule has 1 heterocycles. The van der Waals surface area contributed by atoms with Crippen molar-refractivity contribution in [1.29, 1.82) is 0 Å². The number of nitrogens with one attached hydrogen (secondary N) is 2. The lowest BCUT2D eigenvalue weighted by Crippen LogP contribution is -2.36. The average molecular weight is 233 g/mol. The van der Waals surface area contributed by atoms with Crippen molar-refractivity contribution in [1.82, 2.24) is 15.6 Å². The quantitative estimate of drug-likeness (QED) is 0.777. The Morgan fingerprint density at radius 3 is 3.00 bits per heavy atom. The normalized spacial score (nSPS) is 16.5. The summed E-state index contributed by atoms with van der Waals surface area (Å²) in [5, 5.41) is 6.10. The molecule has 0 radical (unpaired) electrons. The number of aromatic nitrogens is 1. The first kappa shape index (κ1) is 12.0. The number of carbonyl (C=O) groups is 1. The summed E-state index contributed by atoms with van der Waals surface area (Å²) in [6.45, 7) is 3.31. The highest BCUT2D eigenvalue weighted by Crippen LogP contribution is 2.27. The summed E-state index contributed by atoms with van der Waals surface area (Å²) in [5.74, 6) is 0.833. The van der Waals surface area contributed by atoms with Crippen molar-refractivity contribution in [2.75, 3.05) is 13.1 Å². The minimum atomic E-state index is -0.0357. The third kappa shape index (κ3) is 4.15. The van der Waals surface area contributed by atoms with Crippen LogP contribution in [0.4, 0.5) is 0 Å². The third-order valence-electron chi connectivity index (χ3n) is 2.92. The van der Waals surface area contributed by atoms with Gasteiger partial charge in [0, 0.05) is 6.20 Å². The van der Waals surface area contributed by atoms with Gasteiger partial charge in [-0.25, -0.2) is 0 Å². The van der Waals surface area contributed by atoms with Gasteiger partial charge in [-0.1, -0.05) is 6.07 Å². The molecule has 1 aromatic rings. The molecule has 4 heteroatoms. The van der Waals surface area contributed by atoms with Gasteiger partial charge in [-0.2, -0.15) is 0 Å². The van der Waals surface area contributed by atoms with Gasteiger partial charge in [0.1, 0.15) is 0 Å². The topological polar surface area (TPSA) is 54.0 Å². The predicted octanol–water partition coefficient (Wildman–Crippen LogP) is 1.26. The van der Waals surface area contributed by atoms with Gasteiger partial charge in [-0.05, 0) is 44.4 Å². The third-order valence-corrected chi connectivity index (χ3v) is 2.92. The molecule has 1 fully saturated rings. The Hall–Kier alpha value is -1.42. The van der Waals surface area contributed by atoms with E-state index in [1.54, 1.807) is 6.20 Å². The van der Waals surface area contributed by atoms with Crippen LogP contribution in [-0.4, -0.2) is 24.0 Å². The Morgan fingerprint density at radius 1 is 1.53 bits per heavy atom. The maximum Gasteiger partial charge on any atom is 0.234 e. The second kappa shape index (κ2) is 5.77. The van der Waals surface area contributed by atoms with E-state index in [0.29, 0.717) is 6.54 Å². The highest BCUT2D eigenvalue weighted by Gasteiger charge is 2.20. The fourth-order valence-electron chi connectivity index (χ4n) is 1.71. The number of nitrogens with zero attached hydrogens (tertiary/aromatic N) is 1. The molecule has 0 aromatic carbocycles. The van der Waals surface area contributed by atoms with Gasteiger partial charge in [0.15, 0.2) is 0 Å². The standard InChI is InChI=1S/C13H19N3O/c1-10(12-4-2-3-7-15-12)16-13(17)9-14-8-11-5-6-11/h2-4,7,10-11,14H,5-6,8-9H2,1H3,(H,16,17)/t10-/m1/s1. The summed E-state index contributed by atoms with van der Waals surface area (Å²) in [6, 6.07) is 5.68. The van der Waals surface area contributed by atoms with Gasteiger partial charge in [0.25, 0.3) is 0 Å². The molecular weight excluding hydrogens is 214 g/mol. The molecule has 4 nitrogen and oxygen atoms in total. The molecule has 1 amide bonds. The molecule has 2 N–H and O–H groups in total. The summed E-state index contributed by atoms with van der Waals surface area (Å²) in [7, 11) is 0. The molecule has 1 aliphatic carbocycles. The van der Waals surface area contributed by atoms with Crippen LogP contribution in [0.2, 0.25) is 0 Å². The molecule has 0 unspecified atom stereocenters. The van der Waals surface area contributed by atoms with Gasteiger partial charge < -0.3 is 10.6 Å². The van der Waals surface area contributed by atoms with Crippen molar-refractivity contribution in [3.63, 3.8) is 0 Å². The molecule has 0 aliphatic heterocycles. The van der Waals surface area contributed by atoms with Crippen LogP contribution < -0.4 is 10.6 Å². The first-order valence-electron chi connectivity index (χ1n) is 6.16. The maximum absolute atomic E-state index is 11.6. The number of carbonyl (C=O) groups excluding carboxylic acids is 1. The minimum absolute atomic E-state index is 0.0313. The zero-order valence-corrected chi connectivity index (χ0v) is 10.1. The van der Waals surface area contributed by atoms with E-state index in [2.05, 4.69) is 15.6 Å². The van der Waals surface area contributed by atoms with Crippen LogP contribution in [0.15, 0.2) is 24.4 Å². The fraction of sp³-hybridized carbons (Fsp3) is 0.538. The Labute approximate surface area is 102 Å². The lowest BCUT2D eigenvalue weighted by atomic mass is 10.2. The molecule has 0 spiro atoms. The monoisotopic (exact) mass is 233 g/mol. The van der Waals surface area contributed by atoms with E-state index in [1.165, 1.54) is 12.8 Å². The zero-order chi connectivity index (χ0) is 12.1. The van der Waals surface area contributed by atoms with Crippen LogP contribution in [0.1, 0.15) is 31.5 Å². The van der Waals surface area contributed by atoms with E-state index < -0.39 is 0 Å². The molecule has 1 aromatic heterocycles. The zero-order valence-electron chi connectivity index (χ0n) is 10.1. The van der Waals surface area contributed by atoms with Crippen molar-refractivity contribution in [2.45, 2.75) is 25.8 Å². The Morgan fingerprint density at radius 2 is 2.35 bits per heavy atom. The molecule has 1 aliphatic rings. The molecule has 2 rings (SSSR count). The molecule has 1 saturated carbocycles. The highest BCUT2D eigenvalue weighted by molar-refractivity contribution is 5.78. The van der Waals surface area contributed by atoms with Crippen molar-refractivity contribution in [3.8, 4) is 0 Å². The highest BCUT2D eigenvalue weighted by atomic mass is 16.1. The van der Waals surface area contributed by atoms with Crippen molar-refractivity contribution in [3.05, 3.63) is 30.1 Å². The fourth-order valence-corrected chi connectivity index (χ4v) is 1.71. The summed E-state index contributed by atoms with van der Waals surface area (Å²) in [4.78, 5) is 15.8. The Balaban J connectivity index is 1.69. The predicted molar refractivity (Wildman–Crippen MR) is 66.4 cm³/mol. The second-order valence-electron chi connectivity index (χ2n) is 4.62. The van der Waals surface area contributed by atoms with E-state index in [-0.39, 0.29) is 11.9 Å². The smallest absolute Gasteiger partial charge is 0.234 e. The average Bonchev–Trinajstić information content (AvgIpc) is 3.14. The van der Waals surface area contributed by atoms with Crippen molar-refractivity contribution < 1.29 is 4.79 Å². The summed E-state index contributed by atoms with van der Waals surface area (Å²) in [5.41, 5.74) is 0.892. The summed E-state index contributed by atoms with van der Waals surface area (Å²) < 4.78 is 0. The van der Waals surface area contributed by atoms with Crippen LogP contribution in [0.3, 0.4) is 0 Å². The Kier molecular flexibility index (Phi) is 4.09. The number of amides is 1. The maximum atomic E-state index is 11.6. The summed E-state index contributed by atoms with van der Waals surface area (Å²) >= 11 is 0. The van der Waals surface area contributed by atoms with Crippen molar-refractivity contribution >= 4 is 5.91 Å². The van der Waals surface area contributed by atoms with Crippen LogP contribution in [-0.2, 0) is 4.79 Å². The molecule has 92 valence electrons. The molecule has 0 saturated heterocycles. The number of hydrogen-bond donors (Lipinski definition) is 2. The van der Waals surface area contributed by atoms with E-state index in [9.17, 15) is 4.79 Å². The van der Waals surface area contributed by atoms with E-state index in [4.69, 9.17) is 0 Å². The summed E-state index contributed by atoms with van der Waals surface area (Å²) in [6.07, 6.45) is 4.35. The molecule has 17 heavy (non-hydrogen) atoms. The Bertz CT molecular complexity index is 362. The van der Waals surface area contributed by atoms with Crippen LogP contribution in [0.25, 0.3) is 0 Å². The van der Waals surface area contributed by atoms with Gasteiger partial charge in [-0.15, -0.1) is 0 Å². The van der Waals surface area contributed by atoms with Gasteiger partial charge in [0.05, 0.1) is 18.3 Å². The van der Waals surface area contributed by atoms with Gasteiger partial charge >= 0.3 is 0 Å². The lowest BCUT2D eigenvalue weighted by molar-refractivity contribution is -0.120. The van der Waals surface area contributed by atoms with E-state index >= 15 is 0 Å². The van der Waals surface area contributed by atoms with E-state index in [1.807, 2.05) is 25.1 Å². The number of pyridine rings is 1. The lowest BCUT2D eigenvalue weighted by Gasteiger charge is -2.13. The van der Waals surface area contributed by atoms with Gasteiger partial charge in [0.2, 0.25) is 5.91 Å². The number of rotatable bonds is 6. The minimum Gasteiger partial charge on any atom is -0.347 e. The largest absolute Gasteiger partial charge is 0.347 e. The van der Waals surface area contributed by atoms with Gasteiger partial charge in [-0.3, -0.25) is 9.78 Å². The van der Waals surface area contributed by atoms with Crippen LogP contribution in [0, 0.1) is 5.92 Å². The van der Waals surface area contributed by atoms with Crippen LogP contribution in [0.5, 0.6) is 0 Å². The number of hydrogen-bond acceptors (Lipinski definition) is 3. The van der Waals surface area contributed by atoms with Crippen molar-refractivity contribution in [2.24, 2.45) is 5.92 Å². The SMILES string of the molecule is C[C@@H](NC(=O)CNCC1CC1)c1ccccn1. The molecular formula is C13H19N3O. The molecule has 0 bridgehead atoms. The second-order valence-corrected chi connectivity index (χ2v) is 4.62. The first-order valence-corrected chi connectivity index (χ1v) is 6.16. The first-order chi connectivity index (χ1) is 8.25. The molecule has 1 atom stereocenters. The van der Waals surface area contributed by atoms with Crippen LogP contribution >= 0.6 is 0 Å².